The van der Waals surface area contributed by atoms with Crippen LogP contribution in [0.3, 0.4) is 0 Å². The fourth-order valence-corrected chi connectivity index (χ4v) is 5.63. The summed E-state index contributed by atoms with van der Waals surface area (Å²) in [6.45, 7) is 0. The van der Waals surface area contributed by atoms with Crippen molar-refractivity contribution in [2.75, 3.05) is 0 Å². The van der Waals surface area contributed by atoms with E-state index in [9.17, 15) is 0 Å². The van der Waals surface area contributed by atoms with Crippen molar-refractivity contribution < 1.29 is 0 Å². The van der Waals surface area contributed by atoms with Crippen LogP contribution in [-0.4, -0.2) is 0 Å². The Balaban J connectivity index is 1.24. The maximum absolute atomic E-state index is 2.30. The van der Waals surface area contributed by atoms with Gasteiger partial charge >= 0.3 is 0 Å². The Bertz CT molecular complexity index is 1370. The van der Waals surface area contributed by atoms with Crippen LogP contribution in [0.1, 0.15) is 56.3 Å². The van der Waals surface area contributed by atoms with Crippen molar-refractivity contribution in [3.8, 4) is 0 Å². The molecule has 0 fully saturated rings. The fourth-order valence-electron chi connectivity index (χ4n) is 5.63. The Morgan fingerprint density at radius 2 is 0.487 bits per heavy atom. The maximum Gasteiger partial charge on any atom is 0.0339 e. The van der Waals surface area contributed by atoms with Gasteiger partial charge in [-0.15, -0.1) is 0 Å². The molecular weight excluding hydrogens is 468 g/mol. The number of hydrogen-bond acceptors (Lipinski definition) is 0. The molecule has 188 valence electrons. The number of hydrogen-bond donors (Lipinski definition) is 0. The molecule has 0 saturated heterocycles. The summed E-state index contributed by atoms with van der Waals surface area (Å²) in [5.74, 6) is 0.460. The lowest BCUT2D eigenvalue weighted by Gasteiger charge is -2.20. The van der Waals surface area contributed by atoms with Gasteiger partial charge in [0.15, 0.2) is 0 Å². The zero-order valence-electron chi connectivity index (χ0n) is 22.0. The summed E-state index contributed by atoms with van der Waals surface area (Å²) < 4.78 is 0. The molecule has 0 heteroatoms. The molecule has 6 aromatic rings. The van der Waals surface area contributed by atoms with E-state index >= 15 is 0 Å². The van der Waals surface area contributed by atoms with E-state index < -0.39 is 0 Å². The van der Waals surface area contributed by atoms with Crippen LogP contribution in [0.15, 0.2) is 170 Å². The summed E-state index contributed by atoms with van der Waals surface area (Å²) >= 11 is 0. The van der Waals surface area contributed by atoms with Crippen LogP contribution in [0.2, 0.25) is 0 Å². The topological polar surface area (TPSA) is 0 Å². The minimum Gasteiger partial charge on any atom is -0.0622 e. The van der Waals surface area contributed by atoms with Gasteiger partial charge in [-0.2, -0.15) is 0 Å². The molecule has 6 aromatic carbocycles. The predicted octanol–water partition coefficient (Wildman–Crippen LogP) is 9.64. The van der Waals surface area contributed by atoms with Gasteiger partial charge in [0.2, 0.25) is 0 Å². The maximum atomic E-state index is 2.30. The summed E-state index contributed by atoms with van der Waals surface area (Å²) in [4.78, 5) is 0. The van der Waals surface area contributed by atoms with Gasteiger partial charge < -0.3 is 0 Å². The highest BCUT2D eigenvalue weighted by atomic mass is 14.2. The molecular formula is C39H32. The fraction of sp³-hybridized carbons (Fsp3) is 0.0769. The van der Waals surface area contributed by atoms with E-state index in [0.717, 1.165) is 6.42 Å². The third kappa shape index (κ3) is 5.76. The molecule has 0 aliphatic rings. The molecule has 39 heavy (non-hydrogen) atoms. The summed E-state index contributed by atoms with van der Waals surface area (Å²) in [6, 6.07) is 61.6. The molecule has 0 aliphatic heterocycles. The lowest BCUT2D eigenvalue weighted by Crippen LogP contribution is -2.04. The largest absolute Gasteiger partial charge is 0.0622 e. The van der Waals surface area contributed by atoms with Gasteiger partial charge in [0, 0.05) is 11.8 Å². The average Bonchev–Trinajstić information content (AvgIpc) is 3.01. The van der Waals surface area contributed by atoms with Gasteiger partial charge in [0.25, 0.3) is 0 Å². The van der Waals surface area contributed by atoms with Crippen molar-refractivity contribution in [1.82, 2.24) is 0 Å². The Kier molecular flexibility index (Phi) is 7.45. The standard InChI is InChI=1S/C39H32/c1-5-13-32(14-6-1)38(33-15-7-2-8-16-33)36-25-21-30(22-26-36)29-31-23-27-37(28-24-31)39(34-17-9-3-10-18-34)35-19-11-4-12-20-35/h1-28,38-39H,29H2. The summed E-state index contributed by atoms with van der Waals surface area (Å²) in [7, 11) is 0. The first-order chi connectivity index (χ1) is 19.3. The molecule has 0 N–H and O–H groups in total. The summed E-state index contributed by atoms with van der Waals surface area (Å²) in [5.41, 5.74) is 10.6. The van der Waals surface area contributed by atoms with E-state index in [1.807, 2.05) is 0 Å². The van der Waals surface area contributed by atoms with E-state index in [4.69, 9.17) is 0 Å². The molecule has 0 nitrogen and oxygen atoms in total. The molecule has 6 rings (SSSR count). The highest BCUT2D eigenvalue weighted by molar-refractivity contribution is 5.46. The van der Waals surface area contributed by atoms with Gasteiger partial charge in [-0.3, -0.25) is 0 Å². The monoisotopic (exact) mass is 500 g/mol. The molecule has 0 aliphatic carbocycles. The quantitative estimate of drug-likeness (QED) is 0.183. The first kappa shape index (κ1) is 24.6. The van der Waals surface area contributed by atoms with Crippen LogP contribution in [0, 0.1) is 0 Å². The lowest BCUT2D eigenvalue weighted by atomic mass is 9.84. The van der Waals surface area contributed by atoms with E-state index in [2.05, 4.69) is 170 Å². The van der Waals surface area contributed by atoms with Gasteiger partial charge in [0.1, 0.15) is 0 Å². The highest BCUT2D eigenvalue weighted by Gasteiger charge is 2.17. The van der Waals surface area contributed by atoms with Crippen LogP contribution in [0.5, 0.6) is 0 Å². The lowest BCUT2D eigenvalue weighted by molar-refractivity contribution is 0.970. The molecule has 0 aromatic heterocycles. The van der Waals surface area contributed by atoms with Gasteiger partial charge in [-0.1, -0.05) is 170 Å². The predicted molar refractivity (Wildman–Crippen MR) is 163 cm³/mol. The summed E-state index contributed by atoms with van der Waals surface area (Å²) in [5, 5.41) is 0. The first-order valence-corrected chi connectivity index (χ1v) is 13.7. The molecule has 0 unspecified atom stereocenters. The van der Waals surface area contributed by atoms with Crippen molar-refractivity contribution in [3.63, 3.8) is 0 Å². The Morgan fingerprint density at radius 3 is 0.744 bits per heavy atom. The normalized spacial score (nSPS) is 11.1. The average molecular weight is 501 g/mol. The van der Waals surface area contributed by atoms with Crippen LogP contribution >= 0.6 is 0 Å². The van der Waals surface area contributed by atoms with E-state index in [1.54, 1.807) is 0 Å². The minimum atomic E-state index is 0.230. The van der Waals surface area contributed by atoms with Crippen molar-refractivity contribution >= 4 is 0 Å². The third-order valence-corrected chi connectivity index (χ3v) is 7.57. The summed E-state index contributed by atoms with van der Waals surface area (Å²) in [6.07, 6.45) is 0.920. The molecule has 0 atom stereocenters. The second kappa shape index (κ2) is 11.8. The van der Waals surface area contributed by atoms with Gasteiger partial charge in [-0.25, -0.2) is 0 Å². The first-order valence-electron chi connectivity index (χ1n) is 13.7. The van der Waals surface area contributed by atoms with Crippen LogP contribution in [0.4, 0.5) is 0 Å². The number of rotatable bonds is 8. The van der Waals surface area contributed by atoms with Crippen molar-refractivity contribution in [2.45, 2.75) is 18.3 Å². The molecule has 0 saturated carbocycles. The Morgan fingerprint density at radius 1 is 0.256 bits per heavy atom. The zero-order valence-corrected chi connectivity index (χ0v) is 22.0. The highest BCUT2D eigenvalue weighted by Crippen LogP contribution is 2.33. The zero-order chi connectivity index (χ0) is 26.3. The molecule has 0 bridgehead atoms. The second-order valence-corrected chi connectivity index (χ2v) is 10.2. The van der Waals surface area contributed by atoms with Gasteiger partial charge in [-0.05, 0) is 50.9 Å². The van der Waals surface area contributed by atoms with E-state index in [1.165, 1.54) is 44.5 Å². The Hall–Kier alpha value is -4.68. The molecule has 0 heterocycles. The second-order valence-electron chi connectivity index (χ2n) is 10.2. The molecule has 0 amide bonds. The number of benzene rings is 6. The van der Waals surface area contributed by atoms with Crippen molar-refractivity contribution in [3.05, 3.63) is 214 Å². The Labute approximate surface area is 232 Å². The van der Waals surface area contributed by atoms with Gasteiger partial charge in [0.05, 0.1) is 0 Å². The molecule has 0 radical (unpaired) electrons. The van der Waals surface area contributed by atoms with Crippen LogP contribution in [-0.2, 0) is 6.42 Å². The van der Waals surface area contributed by atoms with Crippen LogP contribution in [0.25, 0.3) is 0 Å². The minimum absolute atomic E-state index is 0.230. The third-order valence-electron chi connectivity index (χ3n) is 7.57. The molecule has 0 spiro atoms. The van der Waals surface area contributed by atoms with Crippen LogP contribution < -0.4 is 0 Å². The SMILES string of the molecule is c1ccc(C(c2ccccc2)c2ccc(Cc3ccc(C(c4ccccc4)c4ccccc4)cc3)cc2)cc1. The van der Waals surface area contributed by atoms with Crippen molar-refractivity contribution in [1.29, 1.82) is 0 Å². The van der Waals surface area contributed by atoms with E-state index in [0.29, 0.717) is 0 Å². The van der Waals surface area contributed by atoms with Crippen molar-refractivity contribution in [2.24, 2.45) is 0 Å². The smallest absolute Gasteiger partial charge is 0.0339 e. The van der Waals surface area contributed by atoms with E-state index in [-0.39, 0.29) is 11.8 Å².